The van der Waals surface area contributed by atoms with Crippen molar-refractivity contribution in [2.24, 2.45) is 5.41 Å². The molecule has 0 aliphatic carbocycles. The Kier molecular flexibility index (Phi) is 5.15. The van der Waals surface area contributed by atoms with Crippen LogP contribution in [0.1, 0.15) is 46.6 Å². The van der Waals surface area contributed by atoms with Crippen LogP contribution in [0.5, 0.6) is 0 Å². The molecule has 1 N–H and O–H groups in total. The molecule has 126 valence electrons. The van der Waals surface area contributed by atoms with Gasteiger partial charge in [-0.3, -0.25) is 5.32 Å². The topological polar surface area (TPSA) is 47.6 Å². The maximum atomic E-state index is 11.9. The van der Waals surface area contributed by atoms with Crippen molar-refractivity contribution in [2.45, 2.75) is 59.4 Å². The summed E-state index contributed by atoms with van der Waals surface area (Å²) in [4.78, 5) is 11.9. The molecule has 0 radical (unpaired) electrons. The van der Waals surface area contributed by atoms with Crippen molar-refractivity contribution in [2.75, 3.05) is 0 Å². The van der Waals surface area contributed by atoms with Gasteiger partial charge >= 0.3 is 6.09 Å². The van der Waals surface area contributed by atoms with Gasteiger partial charge in [-0.1, -0.05) is 57.2 Å². The van der Waals surface area contributed by atoms with Crippen LogP contribution in [0.4, 0.5) is 4.79 Å². The van der Waals surface area contributed by atoms with Crippen molar-refractivity contribution in [1.82, 2.24) is 5.32 Å². The number of carbonyl (C=O) groups excluding carboxylic acids is 1. The number of nitrogens with one attached hydrogen (secondary N) is 1. The highest BCUT2D eigenvalue weighted by atomic mass is 16.7. The molecule has 0 aromatic heterocycles. The first kappa shape index (κ1) is 17.5. The molecule has 1 aliphatic rings. The van der Waals surface area contributed by atoms with Gasteiger partial charge in [0.2, 0.25) is 0 Å². The molecule has 4 heteroatoms. The first-order valence-electron chi connectivity index (χ1n) is 8.15. The number of carbonyl (C=O) groups is 1. The molecule has 0 spiro atoms. The highest BCUT2D eigenvalue weighted by Gasteiger charge is 2.47. The number of cyclic esters (lactones) is 1. The molecule has 1 unspecified atom stereocenters. The molecule has 1 atom stereocenters. The van der Waals surface area contributed by atoms with Gasteiger partial charge in [0.15, 0.2) is 0 Å². The summed E-state index contributed by atoms with van der Waals surface area (Å²) in [6.07, 6.45) is 2.86. The Morgan fingerprint density at radius 2 is 1.91 bits per heavy atom. The molecule has 1 amide bonds. The second kappa shape index (κ2) is 6.75. The predicted octanol–water partition coefficient (Wildman–Crippen LogP) is 4.41. The molecule has 1 aromatic carbocycles. The maximum absolute atomic E-state index is 11.9. The van der Waals surface area contributed by atoms with E-state index in [-0.39, 0.29) is 11.5 Å². The predicted molar refractivity (Wildman–Crippen MR) is 90.9 cm³/mol. The fraction of sp³-hybridized carbons (Fsp3) is 0.526. The third kappa shape index (κ3) is 4.83. The number of aryl methyl sites for hydroxylation is 1. The van der Waals surface area contributed by atoms with Crippen LogP contribution in [0, 0.1) is 5.41 Å². The average molecular weight is 317 g/mol. The van der Waals surface area contributed by atoms with Crippen molar-refractivity contribution in [3.63, 3.8) is 0 Å². The summed E-state index contributed by atoms with van der Waals surface area (Å²) in [5, 5.41) is 2.82. The Hall–Kier alpha value is -1.81. The number of hydrogen-bond acceptors (Lipinski definition) is 3. The van der Waals surface area contributed by atoms with Gasteiger partial charge in [0.05, 0.1) is 11.8 Å². The number of amides is 1. The standard InChI is InChI=1S/C19H27NO3/c1-14(2)22-19(12-11-15-9-7-6-8-10-15)16(13-18(3,4)5)20-17(21)23-19/h6-10,13-14H,11-12H2,1-5H3,(H,20,21)/b16-13-. The van der Waals surface area contributed by atoms with Crippen molar-refractivity contribution in [3.8, 4) is 0 Å². The summed E-state index contributed by atoms with van der Waals surface area (Å²) < 4.78 is 11.7. The van der Waals surface area contributed by atoms with Crippen LogP contribution in [0.15, 0.2) is 42.1 Å². The third-order valence-electron chi connectivity index (χ3n) is 3.49. The van der Waals surface area contributed by atoms with Gasteiger partial charge in [0.25, 0.3) is 5.79 Å². The quantitative estimate of drug-likeness (QED) is 0.875. The SMILES string of the molecule is CC(C)OC1(CCc2ccccc2)OC(=O)N/C1=C\C(C)(C)C. The summed E-state index contributed by atoms with van der Waals surface area (Å²) in [6.45, 7) is 10.2. The van der Waals surface area contributed by atoms with E-state index in [0.717, 1.165) is 6.42 Å². The van der Waals surface area contributed by atoms with Crippen LogP contribution >= 0.6 is 0 Å². The molecule has 0 saturated carbocycles. The molecule has 1 heterocycles. The fourth-order valence-corrected chi connectivity index (χ4v) is 2.68. The zero-order chi connectivity index (χ0) is 17.1. The average Bonchev–Trinajstić information content (AvgIpc) is 2.71. The monoisotopic (exact) mass is 317 g/mol. The normalized spacial score (nSPS) is 23.2. The molecule has 1 saturated heterocycles. The van der Waals surface area contributed by atoms with E-state index >= 15 is 0 Å². The lowest BCUT2D eigenvalue weighted by Gasteiger charge is -2.31. The van der Waals surface area contributed by atoms with E-state index in [1.165, 1.54) is 5.56 Å². The van der Waals surface area contributed by atoms with Crippen molar-refractivity contribution in [3.05, 3.63) is 47.7 Å². The zero-order valence-electron chi connectivity index (χ0n) is 14.7. The molecule has 1 aromatic rings. The van der Waals surface area contributed by atoms with Crippen LogP contribution in [0.3, 0.4) is 0 Å². The van der Waals surface area contributed by atoms with Crippen molar-refractivity contribution < 1.29 is 14.3 Å². The highest BCUT2D eigenvalue weighted by Crippen LogP contribution is 2.36. The van der Waals surface area contributed by atoms with Crippen LogP contribution in [-0.2, 0) is 15.9 Å². The van der Waals surface area contributed by atoms with E-state index in [4.69, 9.17) is 9.47 Å². The first-order chi connectivity index (χ1) is 10.7. The van der Waals surface area contributed by atoms with E-state index in [2.05, 4.69) is 38.2 Å². The number of allylic oxidation sites excluding steroid dienone is 1. The number of rotatable bonds is 5. The van der Waals surface area contributed by atoms with Gasteiger partial charge in [-0.2, -0.15) is 0 Å². The van der Waals surface area contributed by atoms with Crippen LogP contribution in [0.2, 0.25) is 0 Å². The lowest BCUT2D eigenvalue weighted by Crippen LogP contribution is -2.38. The van der Waals surface area contributed by atoms with Gasteiger partial charge in [-0.25, -0.2) is 4.79 Å². The fourth-order valence-electron chi connectivity index (χ4n) is 2.68. The molecule has 1 aliphatic heterocycles. The number of hydrogen-bond donors (Lipinski definition) is 1. The van der Waals surface area contributed by atoms with E-state index in [9.17, 15) is 4.79 Å². The Balaban J connectivity index is 2.29. The molecule has 4 nitrogen and oxygen atoms in total. The first-order valence-corrected chi connectivity index (χ1v) is 8.15. The lowest BCUT2D eigenvalue weighted by molar-refractivity contribution is -0.185. The molecular formula is C19H27NO3. The lowest BCUT2D eigenvalue weighted by atomic mass is 9.92. The molecular weight excluding hydrogens is 290 g/mol. The summed E-state index contributed by atoms with van der Waals surface area (Å²) >= 11 is 0. The van der Waals surface area contributed by atoms with E-state index in [1.807, 2.05) is 38.1 Å². The Morgan fingerprint density at radius 3 is 2.48 bits per heavy atom. The minimum Gasteiger partial charge on any atom is -0.411 e. The van der Waals surface area contributed by atoms with Gasteiger partial charge in [0.1, 0.15) is 0 Å². The van der Waals surface area contributed by atoms with Gasteiger partial charge in [0, 0.05) is 6.42 Å². The van der Waals surface area contributed by atoms with Crippen LogP contribution in [-0.4, -0.2) is 18.0 Å². The number of alkyl carbamates (subject to hydrolysis) is 1. The van der Waals surface area contributed by atoms with Crippen LogP contribution in [0.25, 0.3) is 0 Å². The minimum atomic E-state index is -1.03. The Bertz CT molecular complexity index is 572. The summed E-state index contributed by atoms with van der Waals surface area (Å²) in [5.41, 5.74) is 1.81. The molecule has 1 fully saturated rings. The summed E-state index contributed by atoms with van der Waals surface area (Å²) in [6, 6.07) is 10.2. The minimum absolute atomic E-state index is 0.0539. The molecule has 2 rings (SSSR count). The summed E-state index contributed by atoms with van der Waals surface area (Å²) in [7, 11) is 0. The largest absolute Gasteiger partial charge is 0.414 e. The van der Waals surface area contributed by atoms with E-state index in [1.54, 1.807) is 0 Å². The molecule has 23 heavy (non-hydrogen) atoms. The van der Waals surface area contributed by atoms with Crippen molar-refractivity contribution in [1.29, 1.82) is 0 Å². The van der Waals surface area contributed by atoms with E-state index in [0.29, 0.717) is 12.1 Å². The number of ether oxygens (including phenoxy) is 2. The number of benzene rings is 1. The third-order valence-corrected chi connectivity index (χ3v) is 3.49. The van der Waals surface area contributed by atoms with Crippen molar-refractivity contribution >= 4 is 6.09 Å². The second-order valence-corrected chi connectivity index (χ2v) is 7.34. The van der Waals surface area contributed by atoms with Gasteiger partial charge < -0.3 is 9.47 Å². The highest BCUT2D eigenvalue weighted by molar-refractivity contribution is 5.74. The maximum Gasteiger partial charge on any atom is 0.414 e. The Labute approximate surface area is 138 Å². The summed E-state index contributed by atoms with van der Waals surface area (Å²) in [5.74, 6) is -1.03. The van der Waals surface area contributed by atoms with Crippen LogP contribution < -0.4 is 5.32 Å². The molecule has 0 bridgehead atoms. The van der Waals surface area contributed by atoms with E-state index < -0.39 is 11.9 Å². The zero-order valence-corrected chi connectivity index (χ0v) is 14.7. The second-order valence-electron chi connectivity index (χ2n) is 7.34. The van der Waals surface area contributed by atoms with Gasteiger partial charge in [-0.15, -0.1) is 0 Å². The van der Waals surface area contributed by atoms with Gasteiger partial charge in [-0.05, 0) is 31.2 Å². The Morgan fingerprint density at radius 1 is 1.26 bits per heavy atom. The smallest absolute Gasteiger partial charge is 0.411 e.